The van der Waals surface area contributed by atoms with E-state index in [9.17, 15) is 24.3 Å². The Kier molecular flexibility index (Phi) is 9.12. The van der Waals surface area contributed by atoms with E-state index in [1.807, 2.05) is 24.3 Å². The molecule has 10 rings (SSSR count). The van der Waals surface area contributed by atoms with Crippen molar-refractivity contribution in [3.8, 4) is 5.75 Å². The molecule has 0 saturated carbocycles. The number of carbonyl (C=O) groups is 4. The molecule has 292 valence electrons. The monoisotopic (exact) mass is 763 g/mol. The Hall–Kier alpha value is -5.48. The third-order valence-corrected chi connectivity index (χ3v) is 13.9. The van der Waals surface area contributed by atoms with Crippen molar-refractivity contribution < 1.29 is 24.3 Å². The number of carbonyl (C=O) groups excluding carboxylic acids is 4. The van der Waals surface area contributed by atoms with Gasteiger partial charge < -0.3 is 14.9 Å². The van der Waals surface area contributed by atoms with Crippen LogP contribution < -0.4 is 15.1 Å². The number of piperidine rings is 2. The molecule has 4 saturated heterocycles. The fourth-order valence-corrected chi connectivity index (χ4v) is 11.0. The fourth-order valence-electron chi connectivity index (χ4n) is 11.0. The van der Waals surface area contributed by atoms with Crippen molar-refractivity contribution in [2.75, 3.05) is 42.5 Å². The molecular formula is C47H49N5O5. The van der Waals surface area contributed by atoms with E-state index in [0.717, 1.165) is 69.0 Å². The molecule has 4 fully saturated rings. The first-order valence-electron chi connectivity index (χ1n) is 20.9. The zero-order valence-corrected chi connectivity index (χ0v) is 32.2. The van der Waals surface area contributed by atoms with Crippen LogP contribution in [0.1, 0.15) is 99.8 Å². The molecule has 2 bridgehead atoms. The van der Waals surface area contributed by atoms with Crippen molar-refractivity contribution in [1.82, 2.24) is 15.1 Å². The Balaban J connectivity index is 0.767. The van der Waals surface area contributed by atoms with Crippen molar-refractivity contribution in [1.29, 1.82) is 0 Å². The minimum Gasteiger partial charge on any atom is -0.508 e. The SMILES string of the molecule is O=C1CCC(N2C(=O)c3ccc(N4CC5CCC(C4)N5CC4CCN(c5ccc([C@@H]6c7ccc(O)cc7CC[C@@H]6c6ccccc6)cc5)CC4)cc3C2=O)C(=O)N1. The molecule has 0 radical (unpaired) electrons. The lowest BCUT2D eigenvalue weighted by atomic mass is 9.69. The molecule has 10 heteroatoms. The highest BCUT2D eigenvalue weighted by atomic mass is 16.3. The van der Waals surface area contributed by atoms with Crippen LogP contribution in [0.3, 0.4) is 0 Å². The van der Waals surface area contributed by atoms with E-state index in [2.05, 4.69) is 80.7 Å². The van der Waals surface area contributed by atoms with Crippen LogP contribution in [-0.4, -0.2) is 89.4 Å². The van der Waals surface area contributed by atoms with Crippen LogP contribution >= 0.6 is 0 Å². The number of rotatable bonds is 7. The quantitative estimate of drug-likeness (QED) is 0.214. The number of amides is 4. The normalized spacial score (nSPS) is 26.5. The summed E-state index contributed by atoms with van der Waals surface area (Å²) in [5.74, 6) is -0.248. The topological polar surface area (TPSA) is 114 Å². The predicted octanol–water partition coefficient (Wildman–Crippen LogP) is 6.22. The molecule has 0 aromatic heterocycles. The molecule has 5 aliphatic heterocycles. The molecule has 1 aliphatic carbocycles. The molecule has 2 N–H and O–H groups in total. The standard InChI is InChI=1S/C47H49N5O5/c53-37-14-17-39-32(24-37)8-15-38(30-4-2-1-3-5-30)44(39)31-6-9-33(10-7-31)49-22-20-29(21-23-49)26-51-35-11-12-36(51)28-50(27-35)34-13-16-40-41(25-34)47(57)52(46(40)56)42-18-19-43(54)48-45(42)55/h1-7,9-10,13-14,16-17,24-25,29,35-36,38,42,44,53H,8,11-12,15,18-23,26-28H2,(H,48,54,55)/t35?,36?,38-,42?,44+/m1/s1. The van der Waals surface area contributed by atoms with E-state index in [-0.39, 0.29) is 24.7 Å². The van der Waals surface area contributed by atoms with Crippen LogP contribution in [0.15, 0.2) is 91.0 Å². The molecule has 10 nitrogen and oxygen atoms in total. The van der Waals surface area contributed by atoms with E-state index in [1.165, 1.54) is 40.8 Å². The molecule has 4 amide bonds. The van der Waals surface area contributed by atoms with Crippen LogP contribution in [0, 0.1) is 5.92 Å². The summed E-state index contributed by atoms with van der Waals surface area (Å²) in [4.78, 5) is 59.7. The fraction of sp³-hybridized carbons (Fsp3) is 0.404. The number of nitrogens with one attached hydrogen (secondary N) is 1. The van der Waals surface area contributed by atoms with Crippen molar-refractivity contribution in [2.45, 2.75) is 81.3 Å². The van der Waals surface area contributed by atoms with Crippen LogP contribution in [0.2, 0.25) is 0 Å². The number of piperazine rings is 1. The van der Waals surface area contributed by atoms with E-state index in [0.29, 0.717) is 40.8 Å². The van der Waals surface area contributed by atoms with E-state index < -0.39 is 23.8 Å². The maximum Gasteiger partial charge on any atom is 0.262 e. The highest BCUT2D eigenvalue weighted by molar-refractivity contribution is 6.23. The molecule has 5 atom stereocenters. The summed E-state index contributed by atoms with van der Waals surface area (Å²) in [5.41, 5.74) is 8.19. The number of imide groups is 2. The average molecular weight is 764 g/mol. The van der Waals surface area contributed by atoms with Crippen LogP contribution in [0.25, 0.3) is 0 Å². The van der Waals surface area contributed by atoms with Crippen LogP contribution in [-0.2, 0) is 16.0 Å². The maximum atomic E-state index is 13.5. The number of hydrogen-bond acceptors (Lipinski definition) is 8. The van der Waals surface area contributed by atoms with Gasteiger partial charge in [0.15, 0.2) is 0 Å². The summed E-state index contributed by atoms with van der Waals surface area (Å²) in [7, 11) is 0. The van der Waals surface area contributed by atoms with Gasteiger partial charge in [-0.05, 0) is 121 Å². The highest BCUT2D eigenvalue weighted by Crippen LogP contribution is 2.47. The highest BCUT2D eigenvalue weighted by Gasteiger charge is 2.46. The molecule has 57 heavy (non-hydrogen) atoms. The lowest BCUT2D eigenvalue weighted by molar-refractivity contribution is -0.136. The first-order chi connectivity index (χ1) is 27.8. The van der Waals surface area contributed by atoms with Crippen molar-refractivity contribution in [3.63, 3.8) is 0 Å². The smallest absolute Gasteiger partial charge is 0.262 e. The summed E-state index contributed by atoms with van der Waals surface area (Å²) in [5, 5.41) is 12.5. The number of phenolic OH excluding ortho intramolecular Hbond substituents is 1. The third-order valence-electron chi connectivity index (χ3n) is 13.9. The van der Waals surface area contributed by atoms with Gasteiger partial charge >= 0.3 is 0 Å². The van der Waals surface area contributed by atoms with Gasteiger partial charge in [0.05, 0.1) is 11.1 Å². The molecule has 4 aromatic rings. The van der Waals surface area contributed by atoms with Crippen molar-refractivity contribution in [3.05, 3.63) is 124 Å². The van der Waals surface area contributed by atoms with Gasteiger partial charge in [-0.1, -0.05) is 48.5 Å². The second kappa shape index (κ2) is 14.5. The Bertz CT molecular complexity index is 2220. The lowest BCUT2D eigenvalue weighted by Crippen LogP contribution is -2.55. The van der Waals surface area contributed by atoms with Gasteiger partial charge in [0.2, 0.25) is 11.8 Å². The van der Waals surface area contributed by atoms with Crippen molar-refractivity contribution in [2.24, 2.45) is 5.92 Å². The van der Waals surface area contributed by atoms with Gasteiger partial charge in [0.25, 0.3) is 11.8 Å². The molecule has 5 heterocycles. The summed E-state index contributed by atoms with van der Waals surface area (Å²) in [6, 6.07) is 31.6. The number of hydrogen-bond donors (Lipinski definition) is 2. The number of phenols is 1. The molecule has 0 spiro atoms. The molecular weight excluding hydrogens is 715 g/mol. The summed E-state index contributed by atoms with van der Waals surface area (Å²) in [6.07, 6.45) is 6.95. The largest absolute Gasteiger partial charge is 0.508 e. The van der Waals surface area contributed by atoms with E-state index in [4.69, 9.17) is 0 Å². The van der Waals surface area contributed by atoms with E-state index in [1.54, 1.807) is 6.07 Å². The molecule has 4 aromatic carbocycles. The lowest BCUT2D eigenvalue weighted by Gasteiger charge is -2.44. The van der Waals surface area contributed by atoms with Gasteiger partial charge in [-0.25, -0.2) is 0 Å². The molecule has 3 unspecified atom stereocenters. The first kappa shape index (κ1) is 35.9. The Labute approximate surface area is 333 Å². The second-order valence-electron chi connectivity index (χ2n) is 17.1. The maximum absolute atomic E-state index is 13.5. The summed E-state index contributed by atoms with van der Waals surface area (Å²) in [6.45, 7) is 4.99. The van der Waals surface area contributed by atoms with Gasteiger partial charge in [-0.15, -0.1) is 0 Å². The predicted molar refractivity (Wildman–Crippen MR) is 218 cm³/mol. The van der Waals surface area contributed by atoms with Gasteiger partial charge in [-0.3, -0.25) is 34.3 Å². The number of aryl methyl sites for hydroxylation is 1. The van der Waals surface area contributed by atoms with Crippen LogP contribution in [0.5, 0.6) is 5.75 Å². The van der Waals surface area contributed by atoms with Crippen LogP contribution in [0.4, 0.5) is 11.4 Å². The van der Waals surface area contributed by atoms with Gasteiger partial charge in [0.1, 0.15) is 11.8 Å². The second-order valence-corrected chi connectivity index (χ2v) is 17.1. The number of benzene rings is 4. The number of anilines is 2. The Morgan fingerprint density at radius 1 is 0.649 bits per heavy atom. The number of nitrogens with zero attached hydrogens (tertiary/aromatic N) is 4. The van der Waals surface area contributed by atoms with Gasteiger partial charge in [0, 0.05) is 68.5 Å². The summed E-state index contributed by atoms with van der Waals surface area (Å²) >= 11 is 0. The van der Waals surface area contributed by atoms with Crippen molar-refractivity contribution >= 4 is 35.0 Å². The minimum absolute atomic E-state index is 0.107. The Morgan fingerprint density at radius 3 is 2.11 bits per heavy atom. The minimum atomic E-state index is -0.957. The number of fused-ring (bicyclic) bond motifs is 4. The third kappa shape index (κ3) is 6.48. The first-order valence-corrected chi connectivity index (χ1v) is 20.9. The zero-order valence-electron chi connectivity index (χ0n) is 32.2. The Morgan fingerprint density at radius 2 is 1.37 bits per heavy atom. The number of aromatic hydroxyl groups is 1. The molecule has 6 aliphatic rings. The van der Waals surface area contributed by atoms with E-state index >= 15 is 0 Å². The zero-order chi connectivity index (χ0) is 38.8. The summed E-state index contributed by atoms with van der Waals surface area (Å²) < 4.78 is 0. The van der Waals surface area contributed by atoms with Gasteiger partial charge in [-0.2, -0.15) is 0 Å². The average Bonchev–Trinajstić information content (AvgIpc) is 3.60.